The standard InChI is InChI=1S/C22H22N4O2/c1-3-26(20-10-5-4-6-11-20)22(28)17-12-13-23-21(14-17)25-19-9-7-8-18(15-19)24-16(2)27/h4-15H,3H2,1-2H3,(H,23,25)(H,24,27). The number of carbonyl (C=O) groups excluding carboxylic acids is 2. The first-order valence-corrected chi connectivity index (χ1v) is 9.04. The zero-order valence-corrected chi connectivity index (χ0v) is 15.8. The topological polar surface area (TPSA) is 74.3 Å². The molecule has 2 amide bonds. The highest BCUT2D eigenvalue weighted by molar-refractivity contribution is 6.06. The van der Waals surface area contributed by atoms with E-state index in [1.807, 2.05) is 49.4 Å². The Bertz CT molecular complexity index is 973. The molecule has 2 aromatic carbocycles. The Morgan fingerprint density at radius 3 is 2.43 bits per heavy atom. The first kappa shape index (κ1) is 19.1. The predicted octanol–water partition coefficient (Wildman–Crippen LogP) is 4.45. The molecule has 2 N–H and O–H groups in total. The number of hydrogen-bond acceptors (Lipinski definition) is 4. The second-order valence-corrected chi connectivity index (χ2v) is 6.20. The molecule has 28 heavy (non-hydrogen) atoms. The number of nitrogens with one attached hydrogen (secondary N) is 2. The van der Waals surface area contributed by atoms with E-state index < -0.39 is 0 Å². The lowest BCUT2D eigenvalue weighted by atomic mass is 10.2. The second-order valence-electron chi connectivity index (χ2n) is 6.20. The van der Waals surface area contributed by atoms with Gasteiger partial charge in [-0.2, -0.15) is 0 Å². The van der Waals surface area contributed by atoms with Gasteiger partial charge in [0.25, 0.3) is 5.91 Å². The van der Waals surface area contributed by atoms with Crippen LogP contribution in [0.4, 0.5) is 22.9 Å². The molecule has 3 aromatic rings. The van der Waals surface area contributed by atoms with Crippen LogP contribution in [0.15, 0.2) is 72.9 Å². The molecule has 0 saturated heterocycles. The maximum Gasteiger partial charge on any atom is 0.258 e. The normalized spacial score (nSPS) is 10.2. The SMILES string of the molecule is CCN(C(=O)c1ccnc(Nc2cccc(NC(C)=O)c2)c1)c1ccccc1. The van der Waals surface area contributed by atoms with Crippen molar-refractivity contribution in [2.45, 2.75) is 13.8 Å². The smallest absolute Gasteiger partial charge is 0.258 e. The van der Waals surface area contributed by atoms with Crippen LogP contribution in [-0.4, -0.2) is 23.3 Å². The average molecular weight is 374 g/mol. The van der Waals surface area contributed by atoms with Gasteiger partial charge in [-0.1, -0.05) is 24.3 Å². The molecule has 0 bridgehead atoms. The van der Waals surface area contributed by atoms with Gasteiger partial charge in [0.15, 0.2) is 0 Å². The number of aromatic nitrogens is 1. The first-order chi connectivity index (χ1) is 13.6. The summed E-state index contributed by atoms with van der Waals surface area (Å²) in [5.74, 6) is 0.324. The van der Waals surface area contributed by atoms with Crippen LogP contribution in [0.2, 0.25) is 0 Å². The molecule has 0 saturated carbocycles. The van der Waals surface area contributed by atoms with Gasteiger partial charge in [0.2, 0.25) is 5.91 Å². The Kier molecular flexibility index (Phi) is 6.01. The molecule has 1 aromatic heterocycles. The summed E-state index contributed by atoms with van der Waals surface area (Å²) < 4.78 is 0. The lowest BCUT2D eigenvalue weighted by molar-refractivity contribution is -0.114. The third-order valence-corrected chi connectivity index (χ3v) is 4.09. The van der Waals surface area contributed by atoms with Gasteiger partial charge in [-0.25, -0.2) is 4.98 Å². The minimum absolute atomic E-state index is 0.0915. The molecular formula is C22H22N4O2. The van der Waals surface area contributed by atoms with Gasteiger partial charge in [-0.05, 0) is 49.4 Å². The monoisotopic (exact) mass is 374 g/mol. The van der Waals surface area contributed by atoms with Gasteiger partial charge in [0.1, 0.15) is 5.82 Å². The summed E-state index contributed by atoms with van der Waals surface area (Å²) in [5.41, 5.74) is 2.84. The molecule has 0 fully saturated rings. The maximum absolute atomic E-state index is 13.0. The molecule has 6 nitrogen and oxygen atoms in total. The number of benzene rings is 2. The summed E-state index contributed by atoms with van der Waals surface area (Å²) in [6.45, 7) is 3.97. The van der Waals surface area contributed by atoms with E-state index in [4.69, 9.17) is 0 Å². The Morgan fingerprint density at radius 2 is 1.71 bits per heavy atom. The fourth-order valence-electron chi connectivity index (χ4n) is 2.86. The van der Waals surface area contributed by atoms with Crippen molar-refractivity contribution in [1.29, 1.82) is 0 Å². The maximum atomic E-state index is 13.0. The molecular weight excluding hydrogens is 352 g/mol. The highest BCUT2D eigenvalue weighted by atomic mass is 16.2. The van der Waals surface area contributed by atoms with Crippen molar-refractivity contribution >= 4 is 34.7 Å². The van der Waals surface area contributed by atoms with E-state index in [1.54, 1.807) is 35.4 Å². The number of para-hydroxylation sites is 1. The third kappa shape index (κ3) is 4.73. The lowest BCUT2D eigenvalue weighted by Crippen LogP contribution is -2.30. The number of amides is 2. The molecule has 0 aliphatic carbocycles. The van der Waals surface area contributed by atoms with E-state index in [9.17, 15) is 9.59 Å². The molecule has 3 rings (SSSR count). The van der Waals surface area contributed by atoms with E-state index in [-0.39, 0.29) is 11.8 Å². The number of pyridine rings is 1. The third-order valence-electron chi connectivity index (χ3n) is 4.09. The van der Waals surface area contributed by atoms with Crippen LogP contribution < -0.4 is 15.5 Å². The fourth-order valence-corrected chi connectivity index (χ4v) is 2.86. The van der Waals surface area contributed by atoms with Crippen molar-refractivity contribution in [2.75, 3.05) is 22.1 Å². The second kappa shape index (κ2) is 8.81. The highest BCUT2D eigenvalue weighted by Crippen LogP contribution is 2.21. The van der Waals surface area contributed by atoms with E-state index in [2.05, 4.69) is 15.6 Å². The summed E-state index contributed by atoms with van der Waals surface area (Å²) in [7, 11) is 0. The van der Waals surface area contributed by atoms with Crippen molar-refractivity contribution in [2.24, 2.45) is 0 Å². The Labute approximate surface area is 164 Å². The molecule has 0 aliphatic heterocycles. The number of nitrogens with zero attached hydrogens (tertiary/aromatic N) is 2. The number of anilines is 4. The molecule has 0 unspecified atom stereocenters. The van der Waals surface area contributed by atoms with Crippen molar-refractivity contribution < 1.29 is 9.59 Å². The molecule has 0 spiro atoms. The largest absolute Gasteiger partial charge is 0.340 e. The van der Waals surface area contributed by atoms with Crippen molar-refractivity contribution in [3.63, 3.8) is 0 Å². The van der Waals surface area contributed by atoms with Crippen LogP contribution >= 0.6 is 0 Å². The minimum atomic E-state index is -0.136. The molecule has 0 atom stereocenters. The van der Waals surface area contributed by atoms with Gasteiger partial charge in [-0.15, -0.1) is 0 Å². The zero-order valence-electron chi connectivity index (χ0n) is 15.8. The van der Waals surface area contributed by atoms with Gasteiger partial charge < -0.3 is 15.5 Å². The van der Waals surface area contributed by atoms with Crippen LogP contribution in [0.25, 0.3) is 0 Å². The number of hydrogen-bond donors (Lipinski definition) is 2. The van der Waals surface area contributed by atoms with Gasteiger partial charge in [0.05, 0.1) is 0 Å². The summed E-state index contributed by atoms with van der Waals surface area (Å²) in [5, 5.41) is 5.92. The summed E-state index contributed by atoms with van der Waals surface area (Å²) in [6, 6.07) is 20.3. The minimum Gasteiger partial charge on any atom is -0.340 e. The van der Waals surface area contributed by atoms with Gasteiger partial charge in [0, 0.05) is 42.3 Å². The van der Waals surface area contributed by atoms with Crippen LogP contribution in [0.3, 0.4) is 0 Å². The lowest BCUT2D eigenvalue weighted by Gasteiger charge is -2.21. The predicted molar refractivity (Wildman–Crippen MR) is 112 cm³/mol. The molecule has 0 radical (unpaired) electrons. The van der Waals surface area contributed by atoms with Crippen LogP contribution in [0.1, 0.15) is 24.2 Å². The molecule has 142 valence electrons. The van der Waals surface area contributed by atoms with Gasteiger partial charge in [-0.3, -0.25) is 9.59 Å². The van der Waals surface area contributed by atoms with E-state index >= 15 is 0 Å². The van der Waals surface area contributed by atoms with Crippen LogP contribution in [-0.2, 0) is 4.79 Å². The molecule has 6 heteroatoms. The van der Waals surface area contributed by atoms with Crippen molar-refractivity contribution in [1.82, 2.24) is 4.98 Å². The van der Waals surface area contributed by atoms with Crippen LogP contribution in [0, 0.1) is 0 Å². The van der Waals surface area contributed by atoms with E-state index in [0.29, 0.717) is 23.6 Å². The quantitative estimate of drug-likeness (QED) is 0.668. The van der Waals surface area contributed by atoms with Crippen molar-refractivity contribution in [3.05, 3.63) is 78.5 Å². The van der Waals surface area contributed by atoms with E-state index in [0.717, 1.165) is 11.4 Å². The first-order valence-electron chi connectivity index (χ1n) is 9.04. The average Bonchev–Trinajstić information content (AvgIpc) is 2.69. The molecule has 0 aliphatic rings. The Morgan fingerprint density at radius 1 is 0.964 bits per heavy atom. The van der Waals surface area contributed by atoms with E-state index in [1.165, 1.54) is 6.92 Å². The number of rotatable bonds is 6. The molecule has 1 heterocycles. The van der Waals surface area contributed by atoms with Gasteiger partial charge >= 0.3 is 0 Å². The summed E-state index contributed by atoms with van der Waals surface area (Å²) in [6.07, 6.45) is 1.60. The Hall–Kier alpha value is -3.67. The Balaban J connectivity index is 1.80. The van der Waals surface area contributed by atoms with Crippen molar-refractivity contribution in [3.8, 4) is 0 Å². The fraction of sp³-hybridized carbons (Fsp3) is 0.136. The zero-order chi connectivity index (χ0) is 19.9. The number of carbonyl (C=O) groups is 2. The van der Waals surface area contributed by atoms with Crippen LogP contribution in [0.5, 0.6) is 0 Å². The highest BCUT2D eigenvalue weighted by Gasteiger charge is 2.16. The summed E-state index contributed by atoms with van der Waals surface area (Å²) in [4.78, 5) is 30.2. The summed E-state index contributed by atoms with van der Waals surface area (Å²) >= 11 is 0.